The van der Waals surface area contributed by atoms with E-state index in [1.807, 2.05) is 24.3 Å². The predicted octanol–water partition coefficient (Wildman–Crippen LogP) is 6.47. The van der Waals surface area contributed by atoms with Crippen LogP contribution in [-0.2, 0) is 13.0 Å². The molecule has 2 aromatic rings. The van der Waals surface area contributed by atoms with Crippen LogP contribution < -0.4 is 5.73 Å². The molecule has 0 saturated heterocycles. The largest absolute Gasteiger partial charge is 0.326 e. The smallest absolute Gasteiger partial charge is 0.0249 e. The summed E-state index contributed by atoms with van der Waals surface area (Å²) < 4.78 is 0. The molecule has 0 radical (unpaired) electrons. The first kappa shape index (κ1) is 22.0. The van der Waals surface area contributed by atoms with Crippen molar-refractivity contribution in [1.29, 1.82) is 0 Å². The molecule has 2 N–H and O–H groups in total. The lowest BCUT2D eigenvalue weighted by Gasteiger charge is -1.99. The van der Waals surface area contributed by atoms with Gasteiger partial charge < -0.3 is 5.73 Å². The zero-order valence-electron chi connectivity index (χ0n) is 16.9. The maximum atomic E-state index is 5.58. The molecular weight excluding hydrogens is 314 g/mol. The van der Waals surface area contributed by atoms with Crippen molar-refractivity contribution in [3.05, 3.63) is 70.8 Å². The van der Waals surface area contributed by atoms with Crippen LogP contribution in [0.25, 0.3) is 0 Å². The normalized spacial score (nSPS) is 9.69. The highest BCUT2D eigenvalue weighted by atomic mass is 14.5. The molecule has 0 heterocycles. The van der Waals surface area contributed by atoms with Crippen molar-refractivity contribution in [1.82, 2.24) is 0 Å². The molecule has 0 aliphatic carbocycles. The maximum Gasteiger partial charge on any atom is 0.0249 e. The average molecular weight is 350 g/mol. The number of nitrogens with two attached hydrogens (primary N) is 1. The molecule has 2 rings (SSSR count). The molecule has 0 unspecified atom stereocenters. The Morgan fingerprint density at radius 1 is 0.615 bits per heavy atom. The van der Waals surface area contributed by atoms with Crippen molar-refractivity contribution in [3.8, 4) is 11.8 Å². The van der Waals surface area contributed by atoms with E-state index < -0.39 is 0 Å². The second-order valence-corrected chi connectivity index (χ2v) is 6.66. The highest BCUT2D eigenvalue weighted by Gasteiger charge is 1.93. The van der Waals surface area contributed by atoms with Gasteiger partial charge in [0.1, 0.15) is 0 Å². The van der Waals surface area contributed by atoms with E-state index in [1.165, 1.54) is 44.1 Å². The first-order chi connectivity index (χ1) is 12.7. The molecule has 0 aromatic heterocycles. The molecule has 0 aliphatic rings. The lowest BCUT2D eigenvalue weighted by molar-refractivity contribution is 0.702. The Hall–Kier alpha value is -2.04. The molecule has 1 nitrogen and oxygen atoms in total. The van der Waals surface area contributed by atoms with Gasteiger partial charge in [-0.15, -0.1) is 0 Å². The highest BCUT2D eigenvalue weighted by Crippen LogP contribution is 2.08. The monoisotopic (exact) mass is 349 g/mol. The van der Waals surface area contributed by atoms with E-state index >= 15 is 0 Å². The molecule has 0 amide bonds. The molecule has 0 saturated carbocycles. The Balaban J connectivity index is 0.000000487. The van der Waals surface area contributed by atoms with Crippen LogP contribution in [0.1, 0.15) is 81.5 Å². The van der Waals surface area contributed by atoms with Gasteiger partial charge in [-0.05, 0) is 48.2 Å². The van der Waals surface area contributed by atoms with Gasteiger partial charge in [-0.1, -0.05) is 89.0 Å². The third-order valence-corrected chi connectivity index (χ3v) is 4.27. The zero-order chi connectivity index (χ0) is 19.0. The molecule has 0 fully saturated rings. The standard InChI is InChI=1S/C19H21N.C6H14/c1-2-3-4-16-5-7-17(8-6-16)9-10-18-11-13-19(15-20)14-12-18;1-3-5-6-4-2/h5-8,11-14H,2-4,15,20H2,1H3;3-6H2,1-2H3. The van der Waals surface area contributed by atoms with Crippen LogP contribution in [0.15, 0.2) is 48.5 Å². The van der Waals surface area contributed by atoms with Crippen LogP contribution in [0.4, 0.5) is 0 Å². The topological polar surface area (TPSA) is 26.0 Å². The molecule has 0 bridgehead atoms. The van der Waals surface area contributed by atoms with Gasteiger partial charge in [-0.2, -0.15) is 0 Å². The van der Waals surface area contributed by atoms with Gasteiger partial charge in [0.15, 0.2) is 0 Å². The van der Waals surface area contributed by atoms with Gasteiger partial charge in [0.25, 0.3) is 0 Å². The predicted molar refractivity (Wildman–Crippen MR) is 115 cm³/mol. The molecule has 2 aromatic carbocycles. The van der Waals surface area contributed by atoms with Gasteiger partial charge >= 0.3 is 0 Å². The fraction of sp³-hybridized carbons (Fsp3) is 0.440. The number of benzene rings is 2. The Kier molecular flexibility index (Phi) is 12.0. The third kappa shape index (κ3) is 9.44. The van der Waals surface area contributed by atoms with Gasteiger partial charge in [0, 0.05) is 17.7 Å². The number of rotatable bonds is 7. The molecule has 1 heteroatoms. The van der Waals surface area contributed by atoms with Crippen molar-refractivity contribution < 1.29 is 0 Å². The van der Waals surface area contributed by atoms with Crippen LogP contribution in [-0.4, -0.2) is 0 Å². The lowest BCUT2D eigenvalue weighted by Crippen LogP contribution is -1.95. The fourth-order valence-electron chi connectivity index (χ4n) is 2.50. The molecule has 0 aliphatic heterocycles. The molecular formula is C25H35N. The van der Waals surface area contributed by atoms with Crippen LogP contribution in [0.2, 0.25) is 0 Å². The van der Waals surface area contributed by atoms with Crippen LogP contribution in [0.5, 0.6) is 0 Å². The van der Waals surface area contributed by atoms with Crippen molar-refractivity contribution in [2.75, 3.05) is 0 Å². The van der Waals surface area contributed by atoms with Crippen LogP contribution >= 0.6 is 0 Å². The number of aryl methyl sites for hydroxylation is 1. The number of hydrogen-bond donors (Lipinski definition) is 1. The van der Waals surface area contributed by atoms with E-state index in [9.17, 15) is 0 Å². The van der Waals surface area contributed by atoms with Gasteiger partial charge in [-0.25, -0.2) is 0 Å². The first-order valence-corrected chi connectivity index (χ1v) is 10.1. The third-order valence-electron chi connectivity index (χ3n) is 4.27. The van der Waals surface area contributed by atoms with Crippen LogP contribution in [0, 0.1) is 11.8 Å². The minimum absolute atomic E-state index is 0.576. The van der Waals surface area contributed by atoms with E-state index in [2.05, 4.69) is 56.9 Å². The SMILES string of the molecule is CCCCCC.CCCCc1ccc(C#Cc2ccc(CN)cc2)cc1. The first-order valence-electron chi connectivity index (χ1n) is 10.1. The molecule has 0 spiro atoms. The summed E-state index contributed by atoms with van der Waals surface area (Å²) in [6.45, 7) is 7.26. The second-order valence-electron chi connectivity index (χ2n) is 6.66. The van der Waals surface area contributed by atoms with Crippen molar-refractivity contribution >= 4 is 0 Å². The zero-order valence-corrected chi connectivity index (χ0v) is 16.9. The Bertz CT molecular complexity index is 637. The summed E-state index contributed by atoms with van der Waals surface area (Å²) in [4.78, 5) is 0. The molecule has 0 atom stereocenters. The average Bonchev–Trinajstić information content (AvgIpc) is 2.70. The van der Waals surface area contributed by atoms with Crippen LogP contribution in [0.3, 0.4) is 0 Å². The van der Waals surface area contributed by atoms with Gasteiger partial charge in [-0.3, -0.25) is 0 Å². The van der Waals surface area contributed by atoms with E-state index in [0.717, 1.165) is 23.1 Å². The lowest BCUT2D eigenvalue weighted by atomic mass is 10.1. The minimum atomic E-state index is 0.576. The van der Waals surface area contributed by atoms with E-state index in [-0.39, 0.29) is 0 Å². The summed E-state index contributed by atoms with van der Waals surface area (Å²) in [6.07, 6.45) is 9.18. The van der Waals surface area contributed by atoms with E-state index in [1.54, 1.807) is 0 Å². The van der Waals surface area contributed by atoms with Crippen molar-refractivity contribution in [2.24, 2.45) is 5.73 Å². The van der Waals surface area contributed by atoms with Crippen molar-refractivity contribution in [3.63, 3.8) is 0 Å². The highest BCUT2D eigenvalue weighted by molar-refractivity contribution is 5.44. The van der Waals surface area contributed by atoms with Gasteiger partial charge in [0.2, 0.25) is 0 Å². The Morgan fingerprint density at radius 3 is 1.42 bits per heavy atom. The summed E-state index contributed by atoms with van der Waals surface area (Å²) in [5.74, 6) is 6.38. The molecule has 140 valence electrons. The Labute approximate surface area is 161 Å². The maximum absolute atomic E-state index is 5.58. The summed E-state index contributed by atoms with van der Waals surface area (Å²) in [5, 5.41) is 0. The summed E-state index contributed by atoms with van der Waals surface area (Å²) in [6, 6.07) is 16.7. The summed E-state index contributed by atoms with van der Waals surface area (Å²) in [5.41, 5.74) is 10.2. The quantitative estimate of drug-likeness (QED) is 0.449. The second kappa shape index (κ2) is 14.2. The van der Waals surface area contributed by atoms with E-state index in [4.69, 9.17) is 5.73 Å². The summed E-state index contributed by atoms with van der Waals surface area (Å²) in [7, 11) is 0. The number of unbranched alkanes of at least 4 members (excludes halogenated alkanes) is 4. The minimum Gasteiger partial charge on any atom is -0.326 e. The van der Waals surface area contributed by atoms with E-state index in [0.29, 0.717) is 6.54 Å². The number of hydrogen-bond acceptors (Lipinski definition) is 1. The summed E-state index contributed by atoms with van der Waals surface area (Å²) >= 11 is 0. The molecule has 26 heavy (non-hydrogen) atoms. The van der Waals surface area contributed by atoms with Crippen molar-refractivity contribution in [2.45, 2.75) is 72.3 Å². The Morgan fingerprint density at radius 2 is 1.04 bits per heavy atom. The van der Waals surface area contributed by atoms with Gasteiger partial charge in [0.05, 0.1) is 0 Å². The fourth-order valence-corrected chi connectivity index (χ4v) is 2.50.